The van der Waals surface area contributed by atoms with E-state index in [1.807, 2.05) is 0 Å². The van der Waals surface area contributed by atoms with E-state index in [4.69, 9.17) is 37.0 Å². The molecular formula is C82H160O17P2. The highest BCUT2D eigenvalue weighted by Crippen LogP contribution is 2.45. The van der Waals surface area contributed by atoms with Crippen LogP contribution in [0.25, 0.3) is 0 Å². The zero-order valence-corrected chi connectivity index (χ0v) is 68.0. The molecule has 0 rings (SSSR count). The minimum Gasteiger partial charge on any atom is -0.462 e. The largest absolute Gasteiger partial charge is 0.472 e. The van der Waals surface area contributed by atoms with Crippen molar-refractivity contribution in [2.45, 2.75) is 452 Å². The average molecular weight is 1480 g/mol. The molecule has 2 unspecified atom stereocenters. The van der Waals surface area contributed by atoms with Gasteiger partial charge in [-0.1, -0.05) is 382 Å². The normalized spacial score (nSPS) is 13.9. The van der Waals surface area contributed by atoms with Crippen molar-refractivity contribution in [3.8, 4) is 0 Å². The Balaban J connectivity index is 5.26. The Morgan fingerprint density at radius 2 is 0.455 bits per heavy atom. The highest BCUT2D eigenvalue weighted by Gasteiger charge is 2.30. The molecule has 101 heavy (non-hydrogen) atoms. The predicted octanol–water partition coefficient (Wildman–Crippen LogP) is 24.7. The fourth-order valence-electron chi connectivity index (χ4n) is 12.7. The number of phosphoric ester groups is 2. The molecule has 600 valence electrons. The summed E-state index contributed by atoms with van der Waals surface area (Å²) in [5.41, 5.74) is 0. The monoisotopic (exact) mass is 1480 g/mol. The third kappa shape index (κ3) is 76.1. The Hall–Kier alpha value is -1.94. The van der Waals surface area contributed by atoms with E-state index in [9.17, 15) is 43.2 Å². The second kappa shape index (κ2) is 73.6. The first-order chi connectivity index (χ1) is 48.9. The highest BCUT2D eigenvalue weighted by molar-refractivity contribution is 7.47. The summed E-state index contributed by atoms with van der Waals surface area (Å²) in [6.45, 7) is 9.66. The van der Waals surface area contributed by atoms with Gasteiger partial charge in [-0.2, -0.15) is 0 Å². The fraction of sp³-hybridized carbons (Fsp3) is 0.951. The zero-order chi connectivity index (χ0) is 74.2. The fourth-order valence-corrected chi connectivity index (χ4v) is 14.3. The van der Waals surface area contributed by atoms with Gasteiger partial charge in [-0.15, -0.1) is 0 Å². The van der Waals surface area contributed by atoms with E-state index in [2.05, 4.69) is 41.5 Å². The van der Waals surface area contributed by atoms with Crippen molar-refractivity contribution in [1.82, 2.24) is 0 Å². The van der Waals surface area contributed by atoms with Gasteiger partial charge in [0.25, 0.3) is 0 Å². The number of ether oxygens (including phenoxy) is 4. The average Bonchev–Trinajstić information content (AvgIpc) is 0.939. The number of rotatable bonds is 81. The molecule has 0 saturated carbocycles. The van der Waals surface area contributed by atoms with Crippen LogP contribution in [0.15, 0.2) is 0 Å². The number of phosphoric acid groups is 2. The van der Waals surface area contributed by atoms with Crippen molar-refractivity contribution in [3.63, 3.8) is 0 Å². The molecular weight excluding hydrogens is 1320 g/mol. The van der Waals surface area contributed by atoms with E-state index < -0.39 is 97.5 Å². The second-order valence-corrected chi connectivity index (χ2v) is 33.4. The number of unbranched alkanes of at least 4 members (excludes halogenated alkanes) is 51. The van der Waals surface area contributed by atoms with E-state index in [-0.39, 0.29) is 25.7 Å². The number of aliphatic hydroxyl groups excluding tert-OH is 1. The van der Waals surface area contributed by atoms with Crippen LogP contribution in [0.2, 0.25) is 0 Å². The van der Waals surface area contributed by atoms with Crippen molar-refractivity contribution in [2.75, 3.05) is 39.6 Å². The second-order valence-electron chi connectivity index (χ2n) is 30.5. The lowest BCUT2D eigenvalue weighted by Gasteiger charge is -2.21. The molecule has 0 aliphatic heterocycles. The predicted molar refractivity (Wildman–Crippen MR) is 414 cm³/mol. The number of hydrogen-bond acceptors (Lipinski definition) is 15. The van der Waals surface area contributed by atoms with Gasteiger partial charge in [0.05, 0.1) is 26.4 Å². The molecule has 0 bridgehead atoms. The molecule has 0 aliphatic rings. The Labute approximate surface area is 619 Å². The van der Waals surface area contributed by atoms with E-state index in [1.165, 1.54) is 250 Å². The van der Waals surface area contributed by atoms with Gasteiger partial charge in [0.1, 0.15) is 19.3 Å². The Morgan fingerprint density at radius 3 is 0.673 bits per heavy atom. The molecule has 0 fully saturated rings. The summed E-state index contributed by atoms with van der Waals surface area (Å²) in [4.78, 5) is 73.1. The number of hydrogen-bond donors (Lipinski definition) is 3. The van der Waals surface area contributed by atoms with Crippen LogP contribution in [0.4, 0.5) is 0 Å². The van der Waals surface area contributed by atoms with Crippen molar-refractivity contribution < 1.29 is 80.2 Å². The maximum absolute atomic E-state index is 13.1. The Bertz CT molecular complexity index is 1940. The molecule has 0 aromatic heterocycles. The van der Waals surface area contributed by atoms with Crippen molar-refractivity contribution >= 4 is 39.5 Å². The SMILES string of the molecule is CCCCCCCCCCCCCCCCCCC(=O)OC[C@H](COP(=O)(O)OC[C@@H](O)COP(=O)(O)OC[C@@H](COC(=O)CCCCCCCCCCCC(C)C)OC(=O)CCCCCCCCCCCCCCCC)OC(=O)CCCCCCCCCCCCCCCCCCC(C)C. The van der Waals surface area contributed by atoms with Crippen LogP contribution in [0, 0.1) is 11.8 Å². The molecule has 0 saturated heterocycles. The molecule has 19 heteroatoms. The van der Waals surface area contributed by atoms with Gasteiger partial charge in [-0.05, 0) is 37.5 Å². The maximum Gasteiger partial charge on any atom is 0.472 e. The van der Waals surface area contributed by atoms with Gasteiger partial charge in [-0.25, -0.2) is 9.13 Å². The van der Waals surface area contributed by atoms with Crippen LogP contribution >= 0.6 is 15.6 Å². The van der Waals surface area contributed by atoms with Crippen LogP contribution in [0.3, 0.4) is 0 Å². The molecule has 0 amide bonds. The van der Waals surface area contributed by atoms with Gasteiger partial charge < -0.3 is 33.8 Å². The summed E-state index contributed by atoms with van der Waals surface area (Å²) >= 11 is 0. The molecule has 0 heterocycles. The Kier molecular flexibility index (Phi) is 72.2. The molecule has 17 nitrogen and oxygen atoms in total. The lowest BCUT2D eigenvalue weighted by atomic mass is 10.0. The smallest absolute Gasteiger partial charge is 0.462 e. The molecule has 0 aromatic rings. The maximum atomic E-state index is 13.1. The molecule has 0 spiro atoms. The molecule has 0 aromatic carbocycles. The van der Waals surface area contributed by atoms with Gasteiger partial charge in [-0.3, -0.25) is 37.3 Å². The summed E-state index contributed by atoms with van der Waals surface area (Å²) in [7, 11) is -9.92. The lowest BCUT2D eigenvalue weighted by Crippen LogP contribution is -2.30. The van der Waals surface area contributed by atoms with E-state index in [1.54, 1.807) is 0 Å². The number of carbonyl (C=O) groups is 4. The minimum atomic E-state index is -4.96. The summed E-state index contributed by atoms with van der Waals surface area (Å²) in [5.74, 6) is -0.552. The van der Waals surface area contributed by atoms with Crippen molar-refractivity contribution in [1.29, 1.82) is 0 Å². The summed E-state index contributed by atoms with van der Waals surface area (Å²) < 4.78 is 68.8. The molecule has 0 radical (unpaired) electrons. The topological polar surface area (TPSA) is 237 Å². The van der Waals surface area contributed by atoms with Crippen LogP contribution in [-0.4, -0.2) is 96.7 Å². The summed E-state index contributed by atoms with van der Waals surface area (Å²) in [5, 5.41) is 10.7. The van der Waals surface area contributed by atoms with Crippen molar-refractivity contribution in [3.05, 3.63) is 0 Å². The zero-order valence-electron chi connectivity index (χ0n) is 66.2. The first-order valence-corrected chi connectivity index (χ1v) is 45.5. The minimum absolute atomic E-state index is 0.108. The Morgan fingerprint density at radius 1 is 0.267 bits per heavy atom. The van der Waals surface area contributed by atoms with Crippen LogP contribution in [-0.2, 0) is 65.4 Å². The third-order valence-corrected chi connectivity index (χ3v) is 21.1. The van der Waals surface area contributed by atoms with Gasteiger partial charge >= 0.3 is 39.5 Å². The third-order valence-electron chi connectivity index (χ3n) is 19.2. The molecule has 0 aliphatic carbocycles. The first-order valence-electron chi connectivity index (χ1n) is 42.5. The van der Waals surface area contributed by atoms with Crippen molar-refractivity contribution in [2.24, 2.45) is 11.8 Å². The highest BCUT2D eigenvalue weighted by atomic mass is 31.2. The number of esters is 4. The first kappa shape index (κ1) is 99.1. The summed E-state index contributed by atoms with van der Waals surface area (Å²) in [6, 6.07) is 0. The van der Waals surface area contributed by atoms with Crippen LogP contribution < -0.4 is 0 Å². The van der Waals surface area contributed by atoms with Crippen LogP contribution in [0.5, 0.6) is 0 Å². The number of carbonyl (C=O) groups excluding carboxylic acids is 4. The van der Waals surface area contributed by atoms with E-state index in [0.29, 0.717) is 25.7 Å². The van der Waals surface area contributed by atoms with Gasteiger partial charge in [0, 0.05) is 25.7 Å². The van der Waals surface area contributed by atoms with Crippen LogP contribution in [0.1, 0.15) is 433 Å². The molecule has 3 N–H and O–H groups in total. The van der Waals surface area contributed by atoms with Gasteiger partial charge in [0.2, 0.25) is 0 Å². The van der Waals surface area contributed by atoms with E-state index >= 15 is 0 Å². The lowest BCUT2D eigenvalue weighted by molar-refractivity contribution is -0.161. The number of aliphatic hydroxyl groups is 1. The standard InChI is InChI=1S/C82H160O17P2/c1-7-9-11-13-15-17-19-21-23-27-31-34-40-46-52-58-64-79(84)92-70-77(98-82(87)67-61-55-49-42-36-32-28-25-24-26-29-33-38-44-50-56-62-74(3)4)72-96-100(88,89)94-68-76(83)69-95-101(90,91)97-73-78(71-93-80(85)65-59-53-47-43-37-39-45-51-57-63-75(5)6)99-81(86)66-60-54-48-41-35-30-22-20-18-16-14-12-10-8-2/h74-78,83H,7-73H2,1-6H3,(H,88,89)(H,90,91)/t76-,77-,78-/m1/s1. The molecule has 5 atom stereocenters. The quantitative estimate of drug-likeness (QED) is 0.0222. The van der Waals surface area contributed by atoms with Gasteiger partial charge in [0.15, 0.2) is 12.2 Å². The van der Waals surface area contributed by atoms with E-state index in [0.717, 1.165) is 102 Å². The summed E-state index contributed by atoms with van der Waals surface area (Å²) in [6.07, 6.45) is 63.7.